The van der Waals surface area contributed by atoms with Crippen molar-refractivity contribution in [3.63, 3.8) is 0 Å². The molecule has 0 fully saturated rings. The number of aliphatic hydroxyl groups is 3. The molecule has 9 heteroatoms. The zero-order valence-electron chi connectivity index (χ0n) is 17.7. The van der Waals surface area contributed by atoms with Crippen LogP contribution in [0.5, 0.6) is 0 Å². The van der Waals surface area contributed by atoms with E-state index in [0.29, 0.717) is 0 Å². The van der Waals surface area contributed by atoms with Crippen molar-refractivity contribution < 1.29 is 37.9 Å². The second kappa shape index (κ2) is 13.9. The van der Waals surface area contributed by atoms with Crippen LogP contribution in [0.1, 0.15) is 59.3 Å². The molecule has 8 nitrogen and oxygen atoms in total. The van der Waals surface area contributed by atoms with Crippen molar-refractivity contribution >= 4 is 18.8 Å². The molecule has 0 radical (unpaired) electrons. The number of unbranched alkanes of at least 4 members (excludes halogenated alkanes) is 3. The van der Waals surface area contributed by atoms with Gasteiger partial charge in [-0.15, -0.1) is 0 Å². The Balaban J connectivity index is 2.85. The van der Waals surface area contributed by atoms with Crippen LogP contribution in [0.4, 0.5) is 0 Å². The molecule has 0 aromatic heterocycles. The van der Waals surface area contributed by atoms with E-state index < -0.39 is 43.7 Å². The van der Waals surface area contributed by atoms with Crippen LogP contribution < -0.4 is 0 Å². The molecule has 3 N–H and O–H groups in total. The second-order valence-corrected chi connectivity index (χ2v) is 18.9. The number of hydrogen-bond acceptors (Lipinski definition) is 8. The molecule has 1 heterocycles. The fourth-order valence-corrected chi connectivity index (χ4v) is 15.2. The van der Waals surface area contributed by atoms with Crippen molar-refractivity contribution in [1.29, 1.82) is 0 Å². The molecular formula is C19H38O8Sn. The summed E-state index contributed by atoms with van der Waals surface area (Å²) in [5, 5.41) is 34.8. The summed E-state index contributed by atoms with van der Waals surface area (Å²) in [5.74, 6) is -0.335. The average molecular weight is 513 g/mol. The predicted octanol–water partition coefficient (Wildman–Crippen LogP) is 3.14. The van der Waals surface area contributed by atoms with Gasteiger partial charge in [0.2, 0.25) is 0 Å². The van der Waals surface area contributed by atoms with Gasteiger partial charge in [-0.3, -0.25) is 0 Å². The Hall–Kier alpha value is -0.261. The summed E-state index contributed by atoms with van der Waals surface area (Å²) in [6.45, 7) is 6.02. The van der Waals surface area contributed by atoms with Crippen LogP contribution in [0.15, 0.2) is 11.7 Å². The van der Waals surface area contributed by atoms with E-state index in [-0.39, 0.29) is 11.7 Å². The Morgan fingerprint density at radius 1 is 0.964 bits per heavy atom. The van der Waals surface area contributed by atoms with Gasteiger partial charge < -0.3 is 0 Å². The molecule has 28 heavy (non-hydrogen) atoms. The molecule has 1 aliphatic heterocycles. The Morgan fingerprint density at radius 2 is 1.50 bits per heavy atom. The van der Waals surface area contributed by atoms with Gasteiger partial charge in [-0.2, -0.15) is 0 Å². The minimum absolute atomic E-state index is 0.142. The first-order valence-corrected chi connectivity index (χ1v) is 17.6. The normalized spacial score (nSPS) is 22.9. The summed E-state index contributed by atoms with van der Waals surface area (Å²) in [6.07, 6.45) is 2.77. The molecule has 0 saturated carbocycles. The van der Waals surface area contributed by atoms with E-state index in [9.17, 15) is 15.3 Å². The Morgan fingerprint density at radius 3 is 1.93 bits per heavy atom. The summed E-state index contributed by atoms with van der Waals surface area (Å²) < 4.78 is 19.5. The van der Waals surface area contributed by atoms with E-state index in [1.165, 1.54) is 7.11 Å². The number of aliphatic hydroxyl groups excluding tert-OH is 3. The molecule has 3 atom stereocenters. The Kier molecular flexibility index (Phi) is 12.8. The van der Waals surface area contributed by atoms with Crippen LogP contribution in [0.3, 0.4) is 0 Å². The predicted molar refractivity (Wildman–Crippen MR) is 106 cm³/mol. The molecule has 0 aromatic carbocycles. The molecular weight excluding hydrogens is 475 g/mol. The molecule has 0 unspecified atom stereocenters. The fourth-order valence-electron chi connectivity index (χ4n) is 3.24. The van der Waals surface area contributed by atoms with E-state index in [1.54, 1.807) is 0 Å². The van der Waals surface area contributed by atoms with E-state index in [4.69, 9.17) is 22.6 Å². The first-order valence-electron chi connectivity index (χ1n) is 10.4. The van der Waals surface area contributed by atoms with E-state index in [1.807, 2.05) is 0 Å². The van der Waals surface area contributed by atoms with Gasteiger partial charge in [-0.1, -0.05) is 0 Å². The summed E-state index contributed by atoms with van der Waals surface area (Å²) in [4.78, 5) is 5.23. The van der Waals surface area contributed by atoms with Crippen LogP contribution in [0, 0.1) is 0 Å². The van der Waals surface area contributed by atoms with Gasteiger partial charge in [0.25, 0.3) is 0 Å². The minimum atomic E-state index is -3.04. The van der Waals surface area contributed by atoms with Crippen LogP contribution in [-0.2, 0) is 22.6 Å². The van der Waals surface area contributed by atoms with Crippen LogP contribution in [0.2, 0.25) is 13.3 Å². The van der Waals surface area contributed by atoms with Gasteiger partial charge in [0.05, 0.1) is 0 Å². The molecule has 1 rings (SSSR count). The second-order valence-electron chi connectivity index (χ2n) is 7.36. The van der Waals surface area contributed by atoms with E-state index in [0.717, 1.165) is 51.8 Å². The SMILES string of the molecule is CCC[CH2][Sn]([CH2]CCC)([CH2]CCC)[O]OOC1=C(OC)O[C@H](CO)[C@@H](O)[C@@H]1O. The molecule has 166 valence electrons. The van der Waals surface area contributed by atoms with Crippen molar-refractivity contribution in [2.24, 2.45) is 0 Å². The van der Waals surface area contributed by atoms with E-state index >= 15 is 0 Å². The van der Waals surface area contributed by atoms with Crippen molar-refractivity contribution in [1.82, 2.24) is 0 Å². The zero-order chi connectivity index (χ0) is 21.0. The summed E-state index contributed by atoms with van der Waals surface area (Å²) in [7, 11) is 1.34. The Bertz CT molecular complexity index is 437. The van der Waals surface area contributed by atoms with Gasteiger partial charge in [0.1, 0.15) is 0 Å². The van der Waals surface area contributed by atoms with Gasteiger partial charge in [0, 0.05) is 0 Å². The van der Waals surface area contributed by atoms with Crippen molar-refractivity contribution in [2.75, 3.05) is 13.7 Å². The van der Waals surface area contributed by atoms with Gasteiger partial charge in [-0.05, 0) is 0 Å². The zero-order valence-corrected chi connectivity index (χ0v) is 20.5. The summed E-state index contributed by atoms with van der Waals surface area (Å²) in [5.41, 5.74) is 0. The summed E-state index contributed by atoms with van der Waals surface area (Å²) in [6, 6.07) is 0. The quantitative estimate of drug-likeness (QED) is 0.174. The molecule has 0 aliphatic carbocycles. The van der Waals surface area contributed by atoms with Gasteiger partial charge >= 0.3 is 173 Å². The Labute approximate surface area is 173 Å². The molecule has 0 saturated heterocycles. The maximum atomic E-state index is 10.3. The molecule has 0 aromatic rings. The molecule has 0 bridgehead atoms. The maximum absolute atomic E-state index is 10.3. The molecule has 0 amide bonds. The summed E-state index contributed by atoms with van der Waals surface area (Å²) >= 11 is -3.04. The van der Waals surface area contributed by atoms with Crippen LogP contribution in [-0.4, -0.2) is 66.1 Å². The third-order valence-electron chi connectivity index (χ3n) is 5.09. The topological polar surface area (TPSA) is 107 Å². The van der Waals surface area contributed by atoms with Crippen LogP contribution in [0.25, 0.3) is 0 Å². The van der Waals surface area contributed by atoms with Crippen LogP contribution >= 0.6 is 0 Å². The number of ether oxygens (including phenoxy) is 2. The monoisotopic (exact) mass is 514 g/mol. The molecule has 0 spiro atoms. The number of rotatable bonds is 15. The third-order valence-corrected chi connectivity index (χ3v) is 17.1. The van der Waals surface area contributed by atoms with Crippen molar-refractivity contribution in [3.8, 4) is 0 Å². The standard InChI is InChI=1S/C7H12O8.3C4H9.Sn/c1-12-7-6(14-15-11)5(10)4(9)3(2-8)13-7;3*1-3-4-2;/h3-5,8-11H,2H2,1H3;3*1,3-4H2,2H3;/q;;;;+1/p-1/t3-,4-,5+;;;;/m1..../s1. The number of methoxy groups -OCH3 is 1. The van der Waals surface area contributed by atoms with Crippen molar-refractivity contribution in [3.05, 3.63) is 11.7 Å². The van der Waals surface area contributed by atoms with Gasteiger partial charge in [0.15, 0.2) is 0 Å². The first kappa shape index (κ1) is 25.8. The molecule has 1 aliphatic rings. The third kappa shape index (κ3) is 7.53. The fraction of sp³-hybridized carbons (Fsp3) is 0.895. The van der Waals surface area contributed by atoms with Gasteiger partial charge in [-0.25, -0.2) is 0 Å². The average Bonchev–Trinajstić information content (AvgIpc) is 2.72. The first-order chi connectivity index (χ1) is 13.5. The van der Waals surface area contributed by atoms with E-state index in [2.05, 4.69) is 20.8 Å². The van der Waals surface area contributed by atoms with Crippen molar-refractivity contribution in [2.45, 2.75) is 90.9 Å². The number of hydrogen-bond donors (Lipinski definition) is 3.